The zero-order valence-corrected chi connectivity index (χ0v) is 16.5. The molecule has 7 nitrogen and oxygen atoms in total. The van der Waals surface area contributed by atoms with Crippen molar-refractivity contribution in [2.75, 3.05) is 12.4 Å². The van der Waals surface area contributed by atoms with Crippen LogP contribution in [0.15, 0.2) is 88.3 Å². The van der Waals surface area contributed by atoms with Crippen LogP contribution in [0.1, 0.15) is 20.7 Å². The quantitative estimate of drug-likeness (QED) is 0.541. The van der Waals surface area contributed by atoms with E-state index in [1.807, 2.05) is 18.2 Å². The number of benzene rings is 3. The summed E-state index contributed by atoms with van der Waals surface area (Å²) in [7, 11) is 1.56. The average Bonchev–Trinajstić information content (AvgIpc) is 2.79. The van der Waals surface area contributed by atoms with E-state index in [1.54, 1.807) is 43.5 Å². The van der Waals surface area contributed by atoms with Gasteiger partial charge >= 0.3 is 0 Å². The third-order valence-corrected chi connectivity index (χ3v) is 4.56. The van der Waals surface area contributed by atoms with E-state index in [2.05, 4.69) is 10.3 Å². The van der Waals surface area contributed by atoms with Crippen molar-refractivity contribution < 1.29 is 23.8 Å². The maximum atomic E-state index is 13.0. The molecule has 0 bridgehead atoms. The van der Waals surface area contributed by atoms with Gasteiger partial charge in [-0.1, -0.05) is 30.3 Å². The van der Waals surface area contributed by atoms with Crippen molar-refractivity contribution in [3.8, 4) is 5.75 Å². The molecule has 1 amide bonds. The van der Waals surface area contributed by atoms with Crippen molar-refractivity contribution in [2.45, 2.75) is 0 Å². The Morgan fingerprint density at radius 3 is 2.39 bits per heavy atom. The fourth-order valence-corrected chi connectivity index (χ4v) is 2.99. The molecule has 0 spiro atoms. The molecule has 0 aliphatic heterocycles. The van der Waals surface area contributed by atoms with Gasteiger partial charge in [-0.15, -0.1) is 0 Å². The van der Waals surface area contributed by atoms with Crippen molar-refractivity contribution in [1.29, 1.82) is 0 Å². The fourth-order valence-electron chi connectivity index (χ4n) is 2.99. The van der Waals surface area contributed by atoms with E-state index in [0.717, 1.165) is 0 Å². The third-order valence-electron chi connectivity index (χ3n) is 4.56. The van der Waals surface area contributed by atoms with Crippen LogP contribution < -0.4 is 20.7 Å². The Morgan fingerprint density at radius 1 is 0.968 bits per heavy atom. The normalized spacial score (nSPS) is 11.3. The number of aromatic carboxylic acids is 1. The van der Waals surface area contributed by atoms with Crippen molar-refractivity contribution in [2.24, 2.45) is 4.99 Å². The van der Waals surface area contributed by atoms with Gasteiger partial charge < -0.3 is 24.4 Å². The largest absolute Gasteiger partial charge is 0.545 e. The van der Waals surface area contributed by atoms with Crippen LogP contribution >= 0.6 is 0 Å². The number of methoxy groups -OCH3 is 1. The molecule has 4 aromatic rings. The van der Waals surface area contributed by atoms with Gasteiger partial charge in [0.15, 0.2) is 0 Å². The van der Waals surface area contributed by atoms with Crippen molar-refractivity contribution in [3.63, 3.8) is 0 Å². The Labute approximate surface area is 177 Å². The number of amides is 1. The van der Waals surface area contributed by atoms with Gasteiger partial charge in [-0.2, -0.15) is 0 Å². The molecule has 0 radical (unpaired) electrons. The molecule has 0 saturated carbocycles. The highest BCUT2D eigenvalue weighted by Crippen LogP contribution is 2.21. The van der Waals surface area contributed by atoms with Gasteiger partial charge in [0, 0.05) is 11.1 Å². The van der Waals surface area contributed by atoms with Crippen LogP contribution in [0.3, 0.4) is 0 Å². The van der Waals surface area contributed by atoms with Crippen molar-refractivity contribution in [1.82, 2.24) is 0 Å². The Kier molecular flexibility index (Phi) is 5.49. The maximum Gasteiger partial charge on any atom is 0.261 e. The second kappa shape index (κ2) is 8.54. The topological polar surface area (TPSA) is 104 Å². The number of rotatable bonds is 5. The van der Waals surface area contributed by atoms with Crippen LogP contribution in [0.4, 0.5) is 11.4 Å². The second-order valence-electron chi connectivity index (χ2n) is 6.64. The van der Waals surface area contributed by atoms with Gasteiger partial charge in [0.1, 0.15) is 16.9 Å². The standard InChI is InChI=1S/C24H18N2O5/c1-30-19-11-12-21-16(13-19)14-20(22(27)25-17-5-3-2-4-6-17)23(31-21)26-18-9-7-15(8-10-18)24(28)29/h2-14H,1H3,(H,25,27)(H,28,29)/p-1. The average molecular weight is 413 g/mol. The molecule has 3 aromatic carbocycles. The van der Waals surface area contributed by atoms with Gasteiger partial charge in [0.05, 0.1) is 18.8 Å². The summed E-state index contributed by atoms with van der Waals surface area (Å²) in [4.78, 5) is 28.4. The van der Waals surface area contributed by atoms with Crippen LogP contribution in [0.25, 0.3) is 11.0 Å². The van der Waals surface area contributed by atoms with E-state index in [-0.39, 0.29) is 16.7 Å². The lowest BCUT2D eigenvalue weighted by Gasteiger charge is -2.08. The fraction of sp³-hybridized carbons (Fsp3) is 0.0417. The minimum absolute atomic E-state index is 0.0311. The molecule has 1 N–H and O–H groups in total. The predicted molar refractivity (Wildman–Crippen MR) is 113 cm³/mol. The van der Waals surface area contributed by atoms with E-state index in [4.69, 9.17) is 9.15 Å². The summed E-state index contributed by atoms with van der Waals surface area (Å²) in [5, 5.41) is 14.5. The molecular weight excluding hydrogens is 396 g/mol. The van der Waals surface area contributed by atoms with E-state index in [0.29, 0.717) is 28.1 Å². The molecule has 0 unspecified atom stereocenters. The number of para-hydroxylation sites is 1. The van der Waals surface area contributed by atoms with Crippen molar-refractivity contribution >= 4 is 34.2 Å². The molecule has 1 heterocycles. The first-order chi connectivity index (χ1) is 15.0. The lowest BCUT2D eigenvalue weighted by atomic mass is 10.1. The maximum absolute atomic E-state index is 13.0. The Hall–Kier alpha value is -4.39. The van der Waals surface area contributed by atoms with E-state index >= 15 is 0 Å². The molecule has 0 aliphatic rings. The van der Waals surface area contributed by atoms with Crippen LogP contribution in [0.2, 0.25) is 0 Å². The number of hydrogen-bond donors (Lipinski definition) is 1. The molecule has 0 saturated heterocycles. The number of hydrogen-bond acceptors (Lipinski definition) is 6. The molecular formula is C24H17N2O5-. The number of carboxylic acids is 1. The van der Waals surface area contributed by atoms with E-state index in [1.165, 1.54) is 24.3 Å². The Balaban J connectivity index is 1.84. The summed E-state index contributed by atoms with van der Waals surface area (Å²) in [6, 6.07) is 21.7. The molecule has 7 heteroatoms. The monoisotopic (exact) mass is 413 g/mol. The second-order valence-corrected chi connectivity index (χ2v) is 6.64. The summed E-state index contributed by atoms with van der Waals surface area (Å²) >= 11 is 0. The smallest absolute Gasteiger partial charge is 0.261 e. The summed E-state index contributed by atoms with van der Waals surface area (Å²) < 4.78 is 11.2. The zero-order chi connectivity index (χ0) is 21.8. The first-order valence-electron chi connectivity index (χ1n) is 9.38. The van der Waals surface area contributed by atoms with Gasteiger partial charge in [0.2, 0.25) is 5.55 Å². The summed E-state index contributed by atoms with van der Waals surface area (Å²) in [5.41, 5.74) is 1.91. The SMILES string of the molecule is COc1ccc2oc(=Nc3ccc(C(=O)[O-])cc3)c(C(=O)Nc3ccccc3)cc2c1. The number of anilines is 1. The number of nitrogens with zero attached hydrogens (tertiary/aromatic N) is 1. The molecule has 0 atom stereocenters. The summed E-state index contributed by atoms with van der Waals surface area (Å²) in [6.07, 6.45) is 0. The van der Waals surface area contributed by atoms with Crippen molar-refractivity contribution in [3.05, 3.63) is 95.5 Å². The zero-order valence-electron chi connectivity index (χ0n) is 16.5. The van der Waals surface area contributed by atoms with Gasteiger partial charge in [-0.3, -0.25) is 4.79 Å². The lowest BCUT2D eigenvalue weighted by molar-refractivity contribution is -0.255. The number of carbonyl (C=O) groups is 2. The third kappa shape index (κ3) is 4.45. The van der Waals surface area contributed by atoms with Gasteiger partial charge in [-0.25, -0.2) is 4.99 Å². The first-order valence-corrected chi connectivity index (χ1v) is 9.38. The minimum atomic E-state index is -1.28. The van der Waals surface area contributed by atoms with Gasteiger partial charge in [-0.05, 0) is 54.1 Å². The highest BCUT2D eigenvalue weighted by Gasteiger charge is 2.14. The highest BCUT2D eigenvalue weighted by molar-refractivity contribution is 6.05. The van der Waals surface area contributed by atoms with E-state index < -0.39 is 11.9 Å². The molecule has 1 aromatic heterocycles. The number of ether oxygens (including phenoxy) is 1. The minimum Gasteiger partial charge on any atom is -0.545 e. The van der Waals surface area contributed by atoms with Crippen LogP contribution in [0.5, 0.6) is 5.75 Å². The lowest BCUT2D eigenvalue weighted by Crippen LogP contribution is -2.22. The Bertz CT molecular complexity index is 1330. The number of fused-ring (bicyclic) bond motifs is 1. The number of carbonyl (C=O) groups excluding carboxylic acids is 2. The molecule has 0 aliphatic carbocycles. The van der Waals surface area contributed by atoms with Crippen LogP contribution in [-0.4, -0.2) is 19.0 Å². The number of carboxylic acid groups (broad SMARTS) is 1. The van der Waals surface area contributed by atoms with Gasteiger partial charge in [0.25, 0.3) is 5.91 Å². The molecule has 0 fully saturated rings. The highest BCUT2D eigenvalue weighted by atomic mass is 16.5. The Morgan fingerprint density at radius 2 is 1.71 bits per heavy atom. The van der Waals surface area contributed by atoms with Crippen LogP contribution in [0, 0.1) is 0 Å². The summed E-state index contributed by atoms with van der Waals surface area (Å²) in [5.74, 6) is -1.05. The number of nitrogens with one attached hydrogen (secondary N) is 1. The van der Waals surface area contributed by atoms with E-state index in [9.17, 15) is 14.7 Å². The molecule has 154 valence electrons. The molecule has 31 heavy (non-hydrogen) atoms. The first kappa shape index (κ1) is 19.9. The van der Waals surface area contributed by atoms with Crippen LogP contribution in [-0.2, 0) is 0 Å². The molecule has 4 rings (SSSR count). The predicted octanol–water partition coefficient (Wildman–Crippen LogP) is 3.29. The summed E-state index contributed by atoms with van der Waals surface area (Å²) in [6.45, 7) is 0.